The summed E-state index contributed by atoms with van der Waals surface area (Å²) in [5.74, 6) is 0.464. The van der Waals surface area contributed by atoms with Crippen LogP contribution in [0.25, 0.3) is 11.1 Å². The molecule has 1 aromatic heterocycles. The van der Waals surface area contributed by atoms with E-state index in [1.807, 2.05) is 38.1 Å². The maximum Gasteiger partial charge on any atom is 0.234 e. The smallest absolute Gasteiger partial charge is 0.234 e. The summed E-state index contributed by atoms with van der Waals surface area (Å²) in [6, 6.07) is 10.5. The number of primary amides is 1. The number of hydrogen-bond donors (Lipinski definition) is 3. The third kappa shape index (κ3) is 6.88. The summed E-state index contributed by atoms with van der Waals surface area (Å²) in [5, 5.41) is 20.7. The van der Waals surface area contributed by atoms with Crippen molar-refractivity contribution in [3.8, 4) is 17.0 Å². The van der Waals surface area contributed by atoms with Crippen molar-refractivity contribution in [2.75, 3.05) is 32.8 Å². The van der Waals surface area contributed by atoms with Gasteiger partial charge in [-0.15, -0.1) is 0 Å². The first-order valence-electron chi connectivity index (χ1n) is 13.7. The number of hydrogen-bond acceptors (Lipinski definition) is 7. The van der Waals surface area contributed by atoms with Crippen LogP contribution in [0.1, 0.15) is 57.7 Å². The molecule has 2 aliphatic rings. The normalized spacial score (nSPS) is 22.4. The first-order chi connectivity index (χ1) is 18.2. The molecule has 0 radical (unpaired) electrons. The molecule has 4 N–H and O–H groups in total. The summed E-state index contributed by atoms with van der Waals surface area (Å²) in [6.07, 6.45) is 3.37. The number of pyridine rings is 1. The van der Waals surface area contributed by atoms with Gasteiger partial charge >= 0.3 is 0 Å². The molecule has 1 aromatic carbocycles. The first kappa shape index (κ1) is 28.4. The molecule has 3 atom stereocenters. The Morgan fingerprint density at radius 1 is 1.16 bits per heavy atom. The van der Waals surface area contributed by atoms with Crippen LogP contribution in [0.4, 0.5) is 4.39 Å². The average molecular weight is 529 g/mol. The second-order valence-electron chi connectivity index (χ2n) is 10.8. The van der Waals surface area contributed by atoms with Gasteiger partial charge in [0.25, 0.3) is 0 Å². The number of nitrogens with zero attached hydrogens (tertiary/aromatic N) is 3. The lowest BCUT2D eigenvalue weighted by molar-refractivity contribution is -0.126. The number of nitrogens with two attached hydrogens (primary N) is 1. The molecule has 3 heterocycles. The molecular formula is C29H41FN4O4. The number of amides is 1. The zero-order valence-corrected chi connectivity index (χ0v) is 22.4. The highest BCUT2D eigenvalue weighted by Crippen LogP contribution is 2.30. The average Bonchev–Trinajstić information content (AvgIpc) is 3.34. The van der Waals surface area contributed by atoms with Gasteiger partial charge in [0.2, 0.25) is 11.8 Å². The summed E-state index contributed by atoms with van der Waals surface area (Å²) in [7, 11) is 0. The molecule has 9 heteroatoms. The topological polar surface area (TPSA) is 112 Å². The summed E-state index contributed by atoms with van der Waals surface area (Å²) in [5.41, 5.74) is 6.83. The Morgan fingerprint density at radius 2 is 1.82 bits per heavy atom. The van der Waals surface area contributed by atoms with E-state index in [2.05, 4.69) is 9.88 Å². The number of aliphatic hydroxyl groups is 2. The molecular weight excluding hydrogens is 487 g/mol. The van der Waals surface area contributed by atoms with E-state index in [0.29, 0.717) is 43.4 Å². The van der Waals surface area contributed by atoms with E-state index in [0.717, 1.165) is 37.1 Å². The Labute approximate surface area is 224 Å². The predicted molar refractivity (Wildman–Crippen MR) is 144 cm³/mol. The minimum atomic E-state index is -1.08. The number of ether oxygens (including phenoxy) is 1. The third-order valence-electron chi connectivity index (χ3n) is 8.19. The summed E-state index contributed by atoms with van der Waals surface area (Å²) in [4.78, 5) is 19.9. The van der Waals surface area contributed by atoms with Gasteiger partial charge in [0.05, 0.1) is 18.8 Å². The Morgan fingerprint density at radius 3 is 2.39 bits per heavy atom. The fraction of sp³-hybridized carbons (Fsp3) is 0.586. The van der Waals surface area contributed by atoms with E-state index in [1.54, 1.807) is 18.3 Å². The van der Waals surface area contributed by atoms with Crippen LogP contribution in [0, 0.1) is 5.92 Å². The zero-order chi connectivity index (χ0) is 27.3. The molecule has 2 saturated heterocycles. The Kier molecular flexibility index (Phi) is 9.36. The van der Waals surface area contributed by atoms with E-state index >= 15 is 0 Å². The number of halogens is 1. The molecule has 38 heavy (non-hydrogen) atoms. The van der Waals surface area contributed by atoms with Crippen molar-refractivity contribution >= 4 is 5.91 Å². The van der Waals surface area contributed by atoms with Gasteiger partial charge in [-0.1, -0.05) is 38.1 Å². The molecule has 1 amide bonds. The van der Waals surface area contributed by atoms with E-state index in [9.17, 15) is 19.4 Å². The number of aromatic nitrogens is 1. The van der Waals surface area contributed by atoms with Crippen LogP contribution < -0.4 is 10.5 Å². The second-order valence-corrected chi connectivity index (χ2v) is 10.8. The van der Waals surface area contributed by atoms with Crippen molar-refractivity contribution in [3.05, 3.63) is 48.2 Å². The minimum Gasteiger partial charge on any atom is -0.477 e. The summed E-state index contributed by atoms with van der Waals surface area (Å²) >= 11 is 0. The number of aliphatic hydroxyl groups excluding tert-OH is 2. The molecule has 2 unspecified atom stereocenters. The minimum absolute atomic E-state index is 0.192. The van der Waals surface area contributed by atoms with Crippen molar-refractivity contribution < 1.29 is 24.1 Å². The van der Waals surface area contributed by atoms with Crippen molar-refractivity contribution in [2.24, 2.45) is 11.7 Å². The highest BCUT2D eigenvalue weighted by molar-refractivity contribution is 5.80. The third-order valence-corrected chi connectivity index (χ3v) is 8.19. The number of piperidine rings is 1. The van der Waals surface area contributed by atoms with Gasteiger partial charge in [-0.2, -0.15) is 0 Å². The van der Waals surface area contributed by atoms with Crippen molar-refractivity contribution in [1.29, 1.82) is 0 Å². The van der Waals surface area contributed by atoms with Crippen molar-refractivity contribution in [3.63, 3.8) is 0 Å². The highest BCUT2D eigenvalue weighted by Gasteiger charge is 2.38. The molecule has 0 aliphatic carbocycles. The highest BCUT2D eigenvalue weighted by atomic mass is 19.1. The van der Waals surface area contributed by atoms with Crippen LogP contribution in [-0.4, -0.2) is 81.5 Å². The largest absolute Gasteiger partial charge is 0.477 e. The number of benzene rings is 1. The van der Waals surface area contributed by atoms with E-state index in [1.165, 1.54) is 4.90 Å². The van der Waals surface area contributed by atoms with Gasteiger partial charge in [-0.3, -0.25) is 9.69 Å². The molecule has 8 nitrogen and oxygen atoms in total. The molecule has 4 rings (SSSR count). The lowest BCUT2D eigenvalue weighted by atomic mass is 9.94. The van der Waals surface area contributed by atoms with Gasteiger partial charge < -0.3 is 25.6 Å². The van der Waals surface area contributed by atoms with Gasteiger partial charge in [-0.05, 0) is 68.3 Å². The first-order valence-corrected chi connectivity index (χ1v) is 13.7. The Balaban J connectivity index is 1.27. The van der Waals surface area contributed by atoms with Crippen LogP contribution in [0.15, 0.2) is 42.6 Å². The maximum atomic E-state index is 14.7. The van der Waals surface area contributed by atoms with E-state index in [-0.39, 0.29) is 13.0 Å². The van der Waals surface area contributed by atoms with Gasteiger partial charge in [0, 0.05) is 30.9 Å². The number of alkyl halides is 1. The molecule has 208 valence electrons. The molecule has 0 saturated carbocycles. The standard InChI is InChI=1S/C29H41FN4O4/c1-3-29(30,4-2)19-33-13-11-20(12-14-33)18-38-26-10-9-23(16-32-26)21-5-7-22(8-6-21)28(37)34-17-24(35)15-25(34)27(31)36/h5-10,16,20,24-25,28,35,37H,3-4,11-15,17-19H2,1-2H3,(H2,31,36)/t24-,25?,28?/m1/s1. The number of rotatable bonds is 11. The zero-order valence-electron chi connectivity index (χ0n) is 22.4. The monoisotopic (exact) mass is 528 g/mol. The van der Waals surface area contributed by atoms with Gasteiger partial charge in [0.1, 0.15) is 11.9 Å². The van der Waals surface area contributed by atoms with Crippen LogP contribution in [-0.2, 0) is 4.79 Å². The lowest BCUT2D eigenvalue weighted by Gasteiger charge is -2.36. The maximum absolute atomic E-state index is 14.7. The van der Waals surface area contributed by atoms with Crippen LogP contribution in [0.2, 0.25) is 0 Å². The molecule has 0 spiro atoms. The number of carbonyl (C=O) groups excluding carboxylic acids is 1. The fourth-order valence-corrected chi connectivity index (χ4v) is 5.45. The van der Waals surface area contributed by atoms with Crippen LogP contribution >= 0.6 is 0 Å². The SMILES string of the molecule is CCC(F)(CC)CN1CCC(COc2ccc(-c3ccc(C(O)N4C[C@H](O)CC4C(N)=O)cc3)cn2)CC1. The predicted octanol–water partition coefficient (Wildman–Crippen LogP) is 3.28. The summed E-state index contributed by atoms with van der Waals surface area (Å²) < 4.78 is 20.7. The Hall–Kier alpha value is -2.59. The molecule has 2 aromatic rings. The number of β-amino-alcohol motifs (C(OH)–C–C–N with tert-alkyl or cyclic N) is 1. The molecule has 2 fully saturated rings. The molecule has 0 bridgehead atoms. The second kappa shape index (κ2) is 12.5. The van der Waals surface area contributed by atoms with Crippen molar-refractivity contribution in [2.45, 2.75) is 70.0 Å². The van der Waals surface area contributed by atoms with Gasteiger partial charge in [0.15, 0.2) is 0 Å². The number of carbonyl (C=O) groups is 1. The lowest BCUT2D eigenvalue weighted by Crippen LogP contribution is -2.44. The Bertz CT molecular complexity index is 1040. The number of likely N-dealkylation sites (tertiary alicyclic amines) is 2. The van der Waals surface area contributed by atoms with E-state index < -0.39 is 29.9 Å². The van der Waals surface area contributed by atoms with Crippen LogP contribution in [0.5, 0.6) is 5.88 Å². The van der Waals surface area contributed by atoms with Crippen molar-refractivity contribution in [1.82, 2.24) is 14.8 Å². The molecule has 2 aliphatic heterocycles. The van der Waals surface area contributed by atoms with Crippen LogP contribution in [0.3, 0.4) is 0 Å². The fourth-order valence-electron chi connectivity index (χ4n) is 5.45. The van der Waals surface area contributed by atoms with Gasteiger partial charge in [-0.25, -0.2) is 9.37 Å². The van der Waals surface area contributed by atoms with E-state index in [4.69, 9.17) is 10.5 Å². The quantitative estimate of drug-likeness (QED) is 0.410. The summed E-state index contributed by atoms with van der Waals surface area (Å²) in [6.45, 7) is 6.96.